The zero-order valence-electron chi connectivity index (χ0n) is 10.7. The Bertz CT molecular complexity index is 211. The van der Waals surface area contributed by atoms with Crippen molar-refractivity contribution in [2.45, 2.75) is 44.6 Å². The summed E-state index contributed by atoms with van der Waals surface area (Å²) in [6.45, 7) is 0.771. The molecule has 0 bridgehead atoms. The minimum Gasteiger partial charge on any atom is -0.342 e. The van der Waals surface area contributed by atoms with E-state index in [4.69, 9.17) is 5.73 Å². The highest BCUT2D eigenvalue weighted by Crippen LogP contribution is 2.22. The maximum Gasteiger partial charge on any atom is 0.222 e. The first-order valence-electron chi connectivity index (χ1n) is 6.29. The summed E-state index contributed by atoms with van der Waals surface area (Å²) in [6, 6.07) is 0.488. The van der Waals surface area contributed by atoms with Crippen LogP contribution in [0.5, 0.6) is 0 Å². The Labute approximate surface area is 115 Å². The molecule has 0 radical (unpaired) electrons. The van der Waals surface area contributed by atoms with Crippen LogP contribution >= 0.6 is 24.2 Å². The van der Waals surface area contributed by atoms with Gasteiger partial charge in [0.1, 0.15) is 0 Å². The van der Waals surface area contributed by atoms with Crippen LogP contribution in [-0.4, -0.2) is 41.9 Å². The summed E-state index contributed by atoms with van der Waals surface area (Å²) in [7, 11) is 1.96. The van der Waals surface area contributed by atoms with Crippen molar-refractivity contribution >= 4 is 30.1 Å². The lowest BCUT2D eigenvalue weighted by Gasteiger charge is -2.23. The van der Waals surface area contributed by atoms with Gasteiger partial charge in [0.05, 0.1) is 0 Å². The van der Waals surface area contributed by atoms with Crippen LogP contribution in [0.15, 0.2) is 0 Å². The second-order valence-corrected chi connectivity index (χ2v) is 5.62. The molecule has 0 saturated carbocycles. The predicted octanol–water partition coefficient (Wildman–Crippen LogP) is 2.28. The minimum atomic E-state index is 0. The van der Waals surface area contributed by atoms with Gasteiger partial charge in [-0.1, -0.05) is 12.8 Å². The molecule has 1 rings (SSSR count). The summed E-state index contributed by atoms with van der Waals surface area (Å²) in [5.41, 5.74) is 5.42. The van der Waals surface area contributed by atoms with E-state index in [1.807, 2.05) is 23.7 Å². The van der Waals surface area contributed by atoms with Crippen molar-refractivity contribution in [2.75, 3.05) is 25.1 Å². The first-order valence-corrected chi connectivity index (χ1v) is 7.44. The summed E-state index contributed by atoms with van der Waals surface area (Å²) >= 11 is 1.96. The zero-order valence-corrected chi connectivity index (χ0v) is 12.3. The summed E-state index contributed by atoms with van der Waals surface area (Å²) < 4.78 is 0. The smallest absolute Gasteiger partial charge is 0.222 e. The first-order chi connectivity index (χ1) is 7.75. The lowest BCUT2D eigenvalue weighted by atomic mass is 10.1. The van der Waals surface area contributed by atoms with E-state index in [1.165, 1.54) is 12.2 Å². The fraction of sp³-hybridized carbons (Fsp3) is 0.917. The Morgan fingerprint density at radius 2 is 2.06 bits per heavy atom. The van der Waals surface area contributed by atoms with Gasteiger partial charge in [-0.3, -0.25) is 4.79 Å². The van der Waals surface area contributed by atoms with Crippen LogP contribution in [0.3, 0.4) is 0 Å². The number of hydrogen-bond donors (Lipinski definition) is 1. The van der Waals surface area contributed by atoms with Crippen molar-refractivity contribution < 1.29 is 4.79 Å². The van der Waals surface area contributed by atoms with Gasteiger partial charge in [0.2, 0.25) is 5.91 Å². The van der Waals surface area contributed by atoms with Crippen molar-refractivity contribution in [3.63, 3.8) is 0 Å². The van der Waals surface area contributed by atoms with Gasteiger partial charge in [-0.25, -0.2) is 0 Å². The van der Waals surface area contributed by atoms with Crippen molar-refractivity contribution in [1.29, 1.82) is 0 Å². The number of halogens is 1. The Kier molecular flexibility index (Phi) is 10.1. The maximum atomic E-state index is 11.9. The van der Waals surface area contributed by atoms with Crippen LogP contribution in [0.1, 0.15) is 38.5 Å². The number of amides is 1. The normalized spacial score (nSPS) is 18.8. The van der Waals surface area contributed by atoms with Crippen LogP contribution < -0.4 is 5.73 Å². The summed E-state index contributed by atoms with van der Waals surface area (Å²) in [6.07, 6.45) is 6.28. The van der Waals surface area contributed by atoms with E-state index < -0.39 is 0 Å². The molecule has 1 aliphatic heterocycles. The van der Waals surface area contributed by atoms with Gasteiger partial charge in [0, 0.05) is 25.3 Å². The lowest BCUT2D eigenvalue weighted by Crippen LogP contribution is -2.36. The monoisotopic (exact) mass is 280 g/mol. The number of carbonyl (C=O) groups is 1. The molecular weight excluding hydrogens is 256 g/mol. The van der Waals surface area contributed by atoms with Gasteiger partial charge >= 0.3 is 0 Å². The number of hydrogen-bond acceptors (Lipinski definition) is 3. The number of unbranched alkanes of at least 4 members (excludes halogenated alkanes) is 3. The molecule has 1 heterocycles. The predicted molar refractivity (Wildman–Crippen MR) is 77.9 cm³/mol. The molecule has 1 atom stereocenters. The van der Waals surface area contributed by atoms with Gasteiger partial charge in [0.15, 0.2) is 0 Å². The second kappa shape index (κ2) is 10.0. The molecular formula is C12H25ClN2OS. The Morgan fingerprint density at radius 1 is 1.35 bits per heavy atom. The van der Waals surface area contributed by atoms with E-state index in [2.05, 4.69) is 0 Å². The number of nitrogens with zero attached hydrogens (tertiary/aromatic N) is 1. The molecule has 1 aliphatic rings. The van der Waals surface area contributed by atoms with E-state index in [9.17, 15) is 4.79 Å². The third-order valence-corrected chi connectivity index (χ3v) is 4.34. The van der Waals surface area contributed by atoms with E-state index in [0.29, 0.717) is 18.4 Å². The van der Waals surface area contributed by atoms with Crippen molar-refractivity contribution in [3.05, 3.63) is 0 Å². The largest absolute Gasteiger partial charge is 0.342 e. The van der Waals surface area contributed by atoms with Crippen LogP contribution in [0.2, 0.25) is 0 Å². The highest BCUT2D eigenvalue weighted by molar-refractivity contribution is 7.99. The van der Waals surface area contributed by atoms with Crippen LogP contribution in [0, 0.1) is 0 Å². The average Bonchev–Trinajstić information content (AvgIpc) is 2.81. The third kappa shape index (κ3) is 6.53. The minimum absolute atomic E-state index is 0. The van der Waals surface area contributed by atoms with Crippen molar-refractivity contribution in [3.8, 4) is 0 Å². The quantitative estimate of drug-likeness (QED) is 0.728. The van der Waals surface area contributed by atoms with E-state index in [1.54, 1.807) is 0 Å². The van der Waals surface area contributed by atoms with Gasteiger partial charge in [0.25, 0.3) is 0 Å². The van der Waals surface area contributed by atoms with Crippen molar-refractivity contribution in [2.24, 2.45) is 5.73 Å². The molecule has 1 fully saturated rings. The maximum absolute atomic E-state index is 11.9. The van der Waals surface area contributed by atoms with Gasteiger partial charge in [-0.05, 0) is 31.6 Å². The molecule has 0 aromatic heterocycles. The topological polar surface area (TPSA) is 46.3 Å². The molecule has 0 aliphatic carbocycles. The molecule has 3 nitrogen and oxygen atoms in total. The van der Waals surface area contributed by atoms with Crippen molar-refractivity contribution in [1.82, 2.24) is 4.90 Å². The Balaban J connectivity index is 0.00000256. The molecule has 102 valence electrons. The standard InChI is InChI=1S/C12H24N2OS.ClH/c1-14(11-7-9-16-10-11)12(15)6-4-2-3-5-8-13;/h11H,2-10,13H2,1H3;1H. The fourth-order valence-electron chi connectivity index (χ4n) is 1.98. The second-order valence-electron chi connectivity index (χ2n) is 4.47. The molecule has 1 amide bonds. The highest BCUT2D eigenvalue weighted by atomic mass is 35.5. The molecule has 5 heteroatoms. The van der Waals surface area contributed by atoms with E-state index in [0.717, 1.165) is 38.0 Å². The first kappa shape index (κ1) is 17.1. The molecule has 1 unspecified atom stereocenters. The number of rotatable bonds is 7. The van der Waals surface area contributed by atoms with Crippen LogP contribution in [-0.2, 0) is 4.79 Å². The van der Waals surface area contributed by atoms with Gasteiger partial charge in [-0.15, -0.1) is 12.4 Å². The molecule has 0 aromatic rings. The Morgan fingerprint density at radius 3 is 2.65 bits per heavy atom. The third-order valence-electron chi connectivity index (χ3n) is 3.19. The Hall–Kier alpha value is 0.0700. The zero-order chi connectivity index (χ0) is 11.8. The summed E-state index contributed by atoms with van der Waals surface area (Å²) in [5, 5.41) is 0. The fourth-order valence-corrected chi connectivity index (χ4v) is 3.25. The number of carbonyl (C=O) groups excluding carboxylic acids is 1. The molecule has 1 saturated heterocycles. The summed E-state index contributed by atoms with van der Waals surface area (Å²) in [5.74, 6) is 2.65. The summed E-state index contributed by atoms with van der Waals surface area (Å²) in [4.78, 5) is 13.8. The van der Waals surface area contributed by atoms with E-state index >= 15 is 0 Å². The van der Waals surface area contributed by atoms with Crippen LogP contribution in [0.4, 0.5) is 0 Å². The molecule has 0 aromatic carbocycles. The van der Waals surface area contributed by atoms with Crippen LogP contribution in [0.25, 0.3) is 0 Å². The van der Waals surface area contributed by atoms with Gasteiger partial charge < -0.3 is 10.6 Å². The average molecular weight is 281 g/mol. The molecule has 17 heavy (non-hydrogen) atoms. The van der Waals surface area contributed by atoms with Gasteiger partial charge in [-0.2, -0.15) is 11.8 Å². The number of nitrogens with two attached hydrogens (primary N) is 1. The SMILES string of the molecule is CN(C(=O)CCCCCCN)C1CCSC1.Cl. The lowest BCUT2D eigenvalue weighted by molar-refractivity contribution is -0.131. The molecule has 0 spiro atoms. The highest BCUT2D eigenvalue weighted by Gasteiger charge is 2.23. The van der Waals surface area contributed by atoms with E-state index in [-0.39, 0.29) is 12.4 Å². The molecule has 2 N–H and O–H groups in total. The number of thioether (sulfide) groups is 1.